The number of β-amino-alcohol motifs (C(OH)–C–C–N with tert-alkyl or cyclic N) is 1. The Hall–Kier alpha value is -1.28. The van der Waals surface area contributed by atoms with Crippen LogP contribution in [0.2, 0.25) is 0 Å². The second-order valence-electron chi connectivity index (χ2n) is 10.7. The highest BCUT2D eigenvalue weighted by Gasteiger charge is 2.73. The van der Waals surface area contributed by atoms with E-state index in [1.807, 2.05) is 13.8 Å². The maximum atomic E-state index is 13.6. The number of aliphatic hydroxyl groups is 1. The van der Waals surface area contributed by atoms with Crippen LogP contribution in [0.3, 0.4) is 0 Å². The summed E-state index contributed by atoms with van der Waals surface area (Å²) in [5.74, 6) is -1.81. The average molecular weight is 441 g/mol. The van der Waals surface area contributed by atoms with E-state index in [0.29, 0.717) is 6.42 Å². The van der Waals surface area contributed by atoms with Crippen LogP contribution in [-0.4, -0.2) is 69.1 Å². The lowest BCUT2D eigenvalue weighted by atomic mass is 9.71. The van der Waals surface area contributed by atoms with E-state index in [0.717, 1.165) is 12.8 Å². The number of nitrogens with one attached hydrogen (secondary N) is 1. The zero-order chi connectivity index (χ0) is 22.5. The van der Waals surface area contributed by atoms with Gasteiger partial charge in [-0.2, -0.15) is 0 Å². The van der Waals surface area contributed by atoms with E-state index in [2.05, 4.69) is 26.1 Å². The summed E-state index contributed by atoms with van der Waals surface area (Å²) in [7, 11) is 0. The molecule has 3 aliphatic heterocycles. The molecule has 3 saturated heterocycles. The summed E-state index contributed by atoms with van der Waals surface area (Å²) in [6.07, 6.45) is 2.29. The van der Waals surface area contributed by atoms with E-state index in [9.17, 15) is 19.5 Å². The number of hydrogen-bond acceptors (Lipinski definition) is 6. The van der Waals surface area contributed by atoms with Crippen LogP contribution in [0.25, 0.3) is 0 Å². The van der Waals surface area contributed by atoms with Gasteiger partial charge in [-0.25, -0.2) is 0 Å². The summed E-state index contributed by atoms with van der Waals surface area (Å²) >= 11 is 1.61. The fourth-order valence-corrected chi connectivity index (χ4v) is 8.29. The smallest absolute Gasteiger partial charge is 0.310 e. The molecule has 3 fully saturated rings. The normalized spacial score (nSPS) is 33.0. The SMILES string of the molecule is CCOC(=O)[C@@H]1[C@@H]2CCC3(S2)C(C(=O)NC(C)(C)CC(C)(C)C)N(CCO)C(=O)[C@H]13. The van der Waals surface area contributed by atoms with Gasteiger partial charge in [-0.3, -0.25) is 14.4 Å². The number of rotatable bonds is 7. The Balaban J connectivity index is 1.92. The lowest BCUT2D eigenvalue weighted by Crippen LogP contribution is -2.58. The van der Waals surface area contributed by atoms with E-state index in [1.54, 1.807) is 18.7 Å². The van der Waals surface area contributed by atoms with Crippen LogP contribution in [0, 0.1) is 17.3 Å². The number of nitrogens with zero attached hydrogens (tertiary/aromatic N) is 1. The Bertz CT molecular complexity index is 719. The Morgan fingerprint density at radius 2 is 1.97 bits per heavy atom. The molecule has 2 unspecified atom stereocenters. The van der Waals surface area contributed by atoms with Crippen molar-refractivity contribution in [2.75, 3.05) is 19.8 Å². The minimum atomic E-state index is -0.684. The Kier molecular flexibility index (Phi) is 6.24. The molecule has 2 N–H and O–H groups in total. The van der Waals surface area contributed by atoms with Crippen molar-refractivity contribution in [2.45, 2.75) is 82.4 Å². The molecule has 170 valence electrons. The minimum Gasteiger partial charge on any atom is -0.466 e. The standard InChI is InChI=1S/C22H36N2O5S/c1-7-29-19(28)14-13-8-9-22(30-13)15(14)18(27)24(10-11-25)16(22)17(26)23-21(5,6)12-20(2,3)4/h13-16,25H,7-12H2,1-6H3,(H,23,26)/t13-,14+,15-,16?,22?/m0/s1. The summed E-state index contributed by atoms with van der Waals surface area (Å²) in [5, 5.41) is 12.8. The third kappa shape index (κ3) is 3.97. The van der Waals surface area contributed by atoms with Crippen LogP contribution in [-0.2, 0) is 19.1 Å². The van der Waals surface area contributed by atoms with Gasteiger partial charge in [0.25, 0.3) is 0 Å². The van der Waals surface area contributed by atoms with Crippen LogP contribution in [0.4, 0.5) is 0 Å². The number of likely N-dealkylation sites (tertiary alicyclic amines) is 1. The molecule has 5 atom stereocenters. The monoisotopic (exact) mass is 440 g/mol. The van der Waals surface area contributed by atoms with Crippen LogP contribution >= 0.6 is 11.8 Å². The van der Waals surface area contributed by atoms with Gasteiger partial charge >= 0.3 is 5.97 Å². The van der Waals surface area contributed by atoms with E-state index in [1.165, 1.54) is 4.90 Å². The second-order valence-corrected chi connectivity index (χ2v) is 12.3. The lowest BCUT2D eigenvalue weighted by Gasteiger charge is -2.38. The van der Waals surface area contributed by atoms with Crippen molar-refractivity contribution >= 4 is 29.5 Å². The highest BCUT2D eigenvalue weighted by atomic mass is 32.2. The quantitative estimate of drug-likeness (QED) is 0.588. The molecular weight excluding hydrogens is 404 g/mol. The first kappa shape index (κ1) is 23.4. The summed E-state index contributed by atoms with van der Waals surface area (Å²) in [6, 6.07) is -0.684. The first-order valence-electron chi connectivity index (χ1n) is 10.9. The molecular formula is C22H36N2O5S. The van der Waals surface area contributed by atoms with E-state index < -0.39 is 28.2 Å². The number of esters is 1. The molecule has 0 saturated carbocycles. The minimum absolute atomic E-state index is 0.00663. The molecule has 0 aromatic carbocycles. The Morgan fingerprint density at radius 1 is 1.30 bits per heavy atom. The van der Waals surface area contributed by atoms with Crippen LogP contribution < -0.4 is 5.32 Å². The molecule has 8 heteroatoms. The van der Waals surface area contributed by atoms with Crippen LogP contribution in [0.1, 0.15) is 60.8 Å². The van der Waals surface area contributed by atoms with E-state index in [-0.39, 0.29) is 48.2 Å². The summed E-state index contributed by atoms with van der Waals surface area (Å²) in [6.45, 7) is 12.3. The van der Waals surface area contributed by atoms with Crippen molar-refractivity contribution < 1.29 is 24.2 Å². The van der Waals surface area contributed by atoms with E-state index in [4.69, 9.17) is 4.74 Å². The molecule has 0 aliphatic carbocycles. The largest absolute Gasteiger partial charge is 0.466 e. The number of carbonyl (C=O) groups excluding carboxylic acids is 3. The van der Waals surface area contributed by atoms with Gasteiger partial charge in [0.05, 0.1) is 29.8 Å². The summed E-state index contributed by atoms with van der Waals surface area (Å²) in [5.41, 5.74) is -0.413. The number of thioether (sulfide) groups is 1. The van der Waals surface area contributed by atoms with Gasteiger partial charge in [0.15, 0.2) is 0 Å². The molecule has 0 aromatic heterocycles. The molecule has 0 radical (unpaired) electrons. The Morgan fingerprint density at radius 3 is 2.53 bits per heavy atom. The van der Waals surface area contributed by atoms with Gasteiger partial charge < -0.3 is 20.1 Å². The second kappa shape index (κ2) is 8.01. The maximum absolute atomic E-state index is 13.6. The van der Waals surface area contributed by atoms with Gasteiger partial charge in [0.2, 0.25) is 11.8 Å². The zero-order valence-electron chi connectivity index (χ0n) is 19.0. The molecule has 7 nitrogen and oxygen atoms in total. The van der Waals surface area contributed by atoms with Gasteiger partial charge in [0.1, 0.15) is 6.04 Å². The van der Waals surface area contributed by atoms with Crippen molar-refractivity contribution in [1.29, 1.82) is 0 Å². The van der Waals surface area contributed by atoms with Crippen molar-refractivity contribution in [1.82, 2.24) is 10.2 Å². The number of carbonyl (C=O) groups is 3. The number of aliphatic hydroxyl groups excluding tert-OH is 1. The summed E-state index contributed by atoms with van der Waals surface area (Å²) < 4.78 is 4.66. The van der Waals surface area contributed by atoms with Crippen molar-refractivity contribution in [3.8, 4) is 0 Å². The number of ether oxygens (including phenoxy) is 1. The van der Waals surface area contributed by atoms with Gasteiger partial charge in [-0.1, -0.05) is 20.8 Å². The molecule has 3 rings (SSSR count). The van der Waals surface area contributed by atoms with Gasteiger partial charge in [-0.05, 0) is 45.4 Å². The lowest BCUT2D eigenvalue weighted by molar-refractivity contribution is -0.153. The average Bonchev–Trinajstić information content (AvgIpc) is 3.21. The van der Waals surface area contributed by atoms with Gasteiger partial charge in [-0.15, -0.1) is 11.8 Å². The zero-order valence-corrected chi connectivity index (χ0v) is 19.8. The molecule has 2 amide bonds. The predicted octanol–water partition coefficient (Wildman–Crippen LogP) is 1.96. The van der Waals surface area contributed by atoms with Crippen LogP contribution in [0.15, 0.2) is 0 Å². The van der Waals surface area contributed by atoms with Crippen LogP contribution in [0.5, 0.6) is 0 Å². The van der Waals surface area contributed by atoms with E-state index >= 15 is 0 Å². The fraction of sp³-hybridized carbons (Fsp3) is 0.864. The molecule has 30 heavy (non-hydrogen) atoms. The molecule has 2 bridgehead atoms. The first-order valence-corrected chi connectivity index (χ1v) is 11.8. The first-order chi connectivity index (χ1) is 13.9. The van der Waals surface area contributed by atoms with Crippen molar-refractivity contribution in [3.05, 3.63) is 0 Å². The maximum Gasteiger partial charge on any atom is 0.310 e. The Labute approximate surface area is 183 Å². The molecule has 0 aromatic rings. The topological polar surface area (TPSA) is 95.9 Å². The predicted molar refractivity (Wildman–Crippen MR) is 116 cm³/mol. The number of fused-ring (bicyclic) bond motifs is 1. The fourth-order valence-electron chi connectivity index (χ4n) is 6.08. The van der Waals surface area contributed by atoms with Crippen molar-refractivity contribution in [2.24, 2.45) is 17.3 Å². The highest BCUT2D eigenvalue weighted by Crippen LogP contribution is 2.66. The van der Waals surface area contributed by atoms with Crippen molar-refractivity contribution in [3.63, 3.8) is 0 Å². The third-order valence-electron chi connectivity index (χ3n) is 6.38. The van der Waals surface area contributed by atoms with Gasteiger partial charge in [0, 0.05) is 17.3 Å². The highest BCUT2D eigenvalue weighted by molar-refractivity contribution is 8.02. The number of hydrogen-bond donors (Lipinski definition) is 2. The number of amides is 2. The third-order valence-corrected chi connectivity index (χ3v) is 8.33. The summed E-state index contributed by atoms with van der Waals surface area (Å²) in [4.78, 5) is 41.2. The molecule has 3 heterocycles. The molecule has 3 aliphatic rings. The molecule has 1 spiro atoms.